The van der Waals surface area contributed by atoms with Gasteiger partial charge < -0.3 is 11.1 Å². The molecule has 1 amide bonds. The van der Waals surface area contributed by atoms with Crippen molar-refractivity contribution in [3.8, 4) is 0 Å². The molecule has 0 bridgehead atoms. The van der Waals surface area contributed by atoms with Crippen molar-refractivity contribution in [3.05, 3.63) is 53.6 Å². The lowest BCUT2D eigenvalue weighted by atomic mass is 10.2. The van der Waals surface area contributed by atoms with Crippen LogP contribution in [0.3, 0.4) is 0 Å². The summed E-state index contributed by atoms with van der Waals surface area (Å²) in [4.78, 5) is 12.7. The van der Waals surface area contributed by atoms with Crippen LogP contribution in [0, 0.1) is 23.3 Å². The fraction of sp³-hybridized carbons (Fsp3) is 0.133. The van der Waals surface area contributed by atoms with Gasteiger partial charge in [0.2, 0.25) is 5.91 Å². The van der Waals surface area contributed by atoms with E-state index in [2.05, 4.69) is 0 Å². The summed E-state index contributed by atoms with van der Waals surface area (Å²) < 4.78 is 53.3. The molecule has 0 saturated carbocycles. The van der Waals surface area contributed by atoms with Crippen LogP contribution in [0.15, 0.2) is 35.2 Å². The summed E-state index contributed by atoms with van der Waals surface area (Å²) in [5, 5.41) is 1.12. The standard InChI is InChI=1S/C15H12F4N2OS/c1-7(23-9-4-2-8(20)3-5-9)15(22)21-14-12(18)10(16)6-11(17)13(14)19/h2-7H,20H2,1H3,(H,21,22)/t7-/m0/s1. The van der Waals surface area contributed by atoms with Gasteiger partial charge in [-0.05, 0) is 31.2 Å². The largest absolute Gasteiger partial charge is 0.399 e. The van der Waals surface area contributed by atoms with Crippen molar-refractivity contribution in [3.63, 3.8) is 0 Å². The van der Waals surface area contributed by atoms with Crippen molar-refractivity contribution in [2.75, 3.05) is 11.1 Å². The van der Waals surface area contributed by atoms with E-state index in [4.69, 9.17) is 5.73 Å². The number of thioether (sulfide) groups is 1. The lowest BCUT2D eigenvalue weighted by Crippen LogP contribution is -2.24. The maximum absolute atomic E-state index is 13.5. The van der Waals surface area contributed by atoms with Gasteiger partial charge in [-0.1, -0.05) is 0 Å². The molecule has 8 heteroatoms. The van der Waals surface area contributed by atoms with E-state index in [0.717, 1.165) is 11.8 Å². The van der Waals surface area contributed by atoms with Crippen LogP contribution < -0.4 is 11.1 Å². The molecular formula is C15H12F4N2OS. The Bertz CT molecular complexity index is 711. The topological polar surface area (TPSA) is 55.1 Å². The Kier molecular flexibility index (Phi) is 5.15. The maximum Gasteiger partial charge on any atom is 0.237 e. The minimum atomic E-state index is -1.65. The van der Waals surface area contributed by atoms with Crippen LogP contribution in [-0.4, -0.2) is 11.2 Å². The van der Waals surface area contributed by atoms with Crippen molar-refractivity contribution >= 4 is 29.0 Å². The monoisotopic (exact) mass is 344 g/mol. The fourth-order valence-electron chi connectivity index (χ4n) is 1.71. The molecule has 0 aliphatic heterocycles. The summed E-state index contributed by atoms with van der Waals surface area (Å²) in [6.07, 6.45) is 0. The Balaban J connectivity index is 2.14. The number of anilines is 2. The molecule has 0 radical (unpaired) electrons. The second-order valence-corrected chi connectivity index (χ2v) is 6.08. The first kappa shape index (κ1) is 17.1. The van der Waals surface area contributed by atoms with Crippen molar-refractivity contribution in [2.24, 2.45) is 0 Å². The van der Waals surface area contributed by atoms with E-state index in [1.165, 1.54) is 6.92 Å². The second kappa shape index (κ2) is 6.91. The third kappa shape index (κ3) is 3.95. The van der Waals surface area contributed by atoms with E-state index >= 15 is 0 Å². The number of hydrogen-bond donors (Lipinski definition) is 2. The Labute approximate surface area is 133 Å². The first-order valence-electron chi connectivity index (χ1n) is 6.45. The molecule has 2 aromatic rings. The van der Waals surface area contributed by atoms with Crippen molar-refractivity contribution in [1.82, 2.24) is 0 Å². The molecule has 0 fully saturated rings. The molecule has 122 valence electrons. The lowest BCUT2D eigenvalue weighted by molar-refractivity contribution is -0.115. The van der Waals surface area contributed by atoms with Gasteiger partial charge in [-0.25, -0.2) is 17.6 Å². The lowest BCUT2D eigenvalue weighted by Gasteiger charge is -2.13. The predicted octanol–water partition coefficient (Wildman–Crippen LogP) is 3.94. The molecule has 0 saturated heterocycles. The molecule has 2 rings (SSSR count). The van der Waals surface area contributed by atoms with Crippen molar-refractivity contribution in [1.29, 1.82) is 0 Å². The molecule has 3 N–H and O–H groups in total. The number of carbonyl (C=O) groups is 1. The van der Waals surface area contributed by atoms with E-state index in [1.807, 2.05) is 5.32 Å². The smallest absolute Gasteiger partial charge is 0.237 e. The molecule has 2 aromatic carbocycles. The number of nitrogens with two attached hydrogens (primary N) is 1. The zero-order valence-corrected chi connectivity index (χ0v) is 12.7. The number of rotatable bonds is 4. The van der Waals surface area contributed by atoms with Crippen molar-refractivity contribution < 1.29 is 22.4 Å². The third-order valence-corrected chi connectivity index (χ3v) is 4.03. The van der Waals surface area contributed by atoms with Gasteiger partial charge in [0.05, 0.1) is 5.25 Å². The van der Waals surface area contributed by atoms with Gasteiger partial charge >= 0.3 is 0 Å². The highest BCUT2D eigenvalue weighted by atomic mass is 32.2. The minimum Gasteiger partial charge on any atom is -0.399 e. The summed E-state index contributed by atoms with van der Waals surface area (Å²) in [6.45, 7) is 1.49. The normalized spacial score (nSPS) is 12.0. The number of carbonyl (C=O) groups excluding carboxylic acids is 1. The number of benzene rings is 2. The predicted molar refractivity (Wildman–Crippen MR) is 81.1 cm³/mol. The summed E-state index contributed by atoms with van der Waals surface area (Å²) in [7, 11) is 0. The maximum atomic E-state index is 13.5. The molecule has 0 aromatic heterocycles. The van der Waals surface area contributed by atoms with Gasteiger partial charge in [0, 0.05) is 16.6 Å². The number of hydrogen-bond acceptors (Lipinski definition) is 3. The Morgan fingerprint density at radius 1 is 1.09 bits per heavy atom. The van der Waals surface area contributed by atoms with Gasteiger partial charge in [0.1, 0.15) is 5.69 Å². The third-order valence-electron chi connectivity index (χ3n) is 2.92. The van der Waals surface area contributed by atoms with Gasteiger partial charge in [0.25, 0.3) is 0 Å². The highest BCUT2D eigenvalue weighted by molar-refractivity contribution is 8.00. The van der Waals surface area contributed by atoms with Crippen LogP contribution in [-0.2, 0) is 4.79 Å². The van der Waals surface area contributed by atoms with E-state index in [0.29, 0.717) is 10.6 Å². The Morgan fingerprint density at radius 3 is 2.13 bits per heavy atom. The van der Waals surface area contributed by atoms with E-state index in [9.17, 15) is 22.4 Å². The molecular weight excluding hydrogens is 332 g/mol. The molecule has 0 aliphatic carbocycles. The van der Waals surface area contributed by atoms with Gasteiger partial charge in [-0.15, -0.1) is 11.8 Å². The summed E-state index contributed by atoms with van der Waals surface area (Å²) >= 11 is 1.10. The van der Waals surface area contributed by atoms with E-state index in [1.54, 1.807) is 24.3 Å². The Hall–Kier alpha value is -2.22. The number of nitrogens with one attached hydrogen (secondary N) is 1. The van der Waals surface area contributed by atoms with E-state index < -0.39 is 40.1 Å². The summed E-state index contributed by atoms with van der Waals surface area (Å²) in [6, 6.07) is 6.69. The van der Waals surface area contributed by atoms with E-state index in [-0.39, 0.29) is 6.07 Å². The van der Waals surface area contributed by atoms with Crippen LogP contribution in [0.4, 0.5) is 28.9 Å². The number of nitrogen functional groups attached to an aromatic ring is 1. The number of amides is 1. The molecule has 1 atom stereocenters. The first-order valence-corrected chi connectivity index (χ1v) is 7.33. The molecule has 0 aliphatic rings. The fourth-order valence-corrected chi connectivity index (χ4v) is 2.58. The van der Waals surface area contributed by atoms with Gasteiger partial charge in [0.15, 0.2) is 23.3 Å². The quantitative estimate of drug-likeness (QED) is 0.382. The summed E-state index contributed by atoms with van der Waals surface area (Å²) in [5.74, 6) is -7.27. The van der Waals surface area contributed by atoms with Gasteiger partial charge in [-0.2, -0.15) is 0 Å². The zero-order valence-electron chi connectivity index (χ0n) is 11.9. The molecule has 23 heavy (non-hydrogen) atoms. The molecule has 3 nitrogen and oxygen atoms in total. The first-order chi connectivity index (χ1) is 10.8. The van der Waals surface area contributed by atoms with Crippen LogP contribution in [0.2, 0.25) is 0 Å². The number of halogens is 4. The summed E-state index contributed by atoms with van der Waals surface area (Å²) in [5.41, 5.74) is 4.94. The van der Waals surface area contributed by atoms with Crippen LogP contribution in [0.25, 0.3) is 0 Å². The zero-order chi connectivity index (χ0) is 17.1. The average molecular weight is 344 g/mol. The second-order valence-electron chi connectivity index (χ2n) is 4.66. The molecule has 0 heterocycles. The minimum absolute atomic E-state index is 0.0763. The average Bonchev–Trinajstić information content (AvgIpc) is 2.51. The van der Waals surface area contributed by atoms with Gasteiger partial charge in [-0.3, -0.25) is 4.79 Å². The molecule has 0 spiro atoms. The SMILES string of the molecule is C[C@H](Sc1ccc(N)cc1)C(=O)Nc1c(F)c(F)cc(F)c1F. The van der Waals surface area contributed by atoms with Crippen molar-refractivity contribution in [2.45, 2.75) is 17.1 Å². The van der Waals surface area contributed by atoms with Crippen LogP contribution in [0.1, 0.15) is 6.92 Å². The Morgan fingerprint density at radius 2 is 1.61 bits per heavy atom. The highest BCUT2D eigenvalue weighted by Gasteiger charge is 2.23. The molecule has 0 unspecified atom stereocenters. The van der Waals surface area contributed by atoms with Crippen LogP contribution in [0.5, 0.6) is 0 Å². The highest BCUT2D eigenvalue weighted by Crippen LogP contribution is 2.27. The van der Waals surface area contributed by atoms with Crippen LogP contribution >= 0.6 is 11.8 Å².